The molecule has 0 saturated carbocycles. The van der Waals surface area contributed by atoms with Crippen molar-refractivity contribution in [1.29, 1.82) is 0 Å². The van der Waals surface area contributed by atoms with Gasteiger partial charge in [-0.15, -0.1) is 0 Å². The molecule has 4 rings (SSSR count). The molecular formula is C20H24N2O2. The number of hydrogen-bond acceptors (Lipinski definition) is 4. The van der Waals surface area contributed by atoms with Gasteiger partial charge < -0.3 is 19.7 Å². The average Bonchev–Trinajstić information content (AvgIpc) is 2.76. The standard InChI is InChI=1S/C20H24N2O2/c1-14-4-6-17-19(10-14)24-16(13-21-17)11-15-5-7-18-20(12-15)23-9-3-8-22(18)2/h4-7,10,12,16,21H,3,8-9,11,13H2,1-2H3. The first-order chi connectivity index (χ1) is 11.7. The van der Waals surface area contributed by atoms with Crippen LogP contribution in [0.15, 0.2) is 36.4 Å². The van der Waals surface area contributed by atoms with Crippen molar-refractivity contribution < 1.29 is 9.47 Å². The van der Waals surface area contributed by atoms with E-state index in [2.05, 4.69) is 60.6 Å². The molecule has 0 bridgehead atoms. The van der Waals surface area contributed by atoms with Gasteiger partial charge in [0.1, 0.15) is 17.6 Å². The summed E-state index contributed by atoms with van der Waals surface area (Å²) < 4.78 is 12.1. The first kappa shape index (κ1) is 15.2. The molecule has 0 radical (unpaired) electrons. The third-order valence-corrected chi connectivity index (χ3v) is 4.75. The fourth-order valence-electron chi connectivity index (χ4n) is 3.42. The minimum atomic E-state index is 0.140. The summed E-state index contributed by atoms with van der Waals surface area (Å²) in [4.78, 5) is 2.27. The molecule has 24 heavy (non-hydrogen) atoms. The predicted octanol–water partition coefficient (Wildman–Crippen LogP) is 3.63. The van der Waals surface area contributed by atoms with E-state index in [1.165, 1.54) is 16.8 Å². The zero-order valence-corrected chi connectivity index (χ0v) is 14.3. The van der Waals surface area contributed by atoms with Crippen LogP contribution in [-0.4, -0.2) is 32.8 Å². The zero-order valence-electron chi connectivity index (χ0n) is 14.3. The Morgan fingerprint density at radius 1 is 1.17 bits per heavy atom. The highest BCUT2D eigenvalue weighted by molar-refractivity contribution is 5.61. The minimum absolute atomic E-state index is 0.140. The van der Waals surface area contributed by atoms with Gasteiger partial charge in [0.2, 0.25) is 0 Å². The van der Waals surface area contributed by atoms with Gasteiger partial charge in [-0.05, 0) is 48.7 Å². The summed E-state index contributed by atoms with van der Waals surface area (Å²) in [7, 11) is 2.13. The van der Waals surface area contributed by atoms with Crippen LogP contribution < -0.4 is 19.7 Å². The Morgan fingerprint density at radius 3 is 3.00 bits per heavy atom. The molecule has 2 aromatic carbocycles. The number of rotatable bonds is 2. The van der Waals surface area contributed by atoms with Crippen LogP contribution in [0.4, 0.5) is 11.4 Å². The molecule has 0 saturated heterocycles. The molecule has 126 valence electrons. The van der Waals surface area contributed by atoms with Gasteiger partial charge in [0, 0.05) is 20.0 Å². The summed E-state index contributed by atoms with van der Waals surface area (Å²) in [6.07, 6.45) is 2.08. The number of benzene rings is 2. The van der Waals surface area contributed by atoms with Crippen molar-refractivity contribution in [1.82, 2.24) is 0 Å². The Labute approximate surface area is 143 Å². The Kier molecular flexibility index (Phi) is 3.97. The van der Waals surface area contributed by atoms with E-state index in [-0.39, 0.29) is 6.10 Å². The quantitative estimate of drug-likeness (QED) is 0.915. The van der Waals surface area contributed by atoms with E-state index in [0.29, 0.717) is 0 Å². The van der Waals surface area contributed by atoms with E-state index < -0.39 is 0 Å². The lowest BCUT2D eigenvalue weighted by Gasteiger charge is -2.28. The average molecular weight is 324 g/mol. The number of fused-ring (bicyclic) bond motifs is 2. The second-order valence-corrected chi connectivity index (χ2v) is 6.75. The lowest BCUT2D eigenvalue weighted by molar-refractivity contribution is 0.206. The maximum Gasteiger partial charge on any atom is 0.143 e. The van der Waals surface area contributed by atoms with Crippen molar-refractivity contribution in [2.75, 3.05) is 37.0 Å². The number of nitrogens with one attached hydrogen (secondary N) is 1. The van der Waals surface area contributed by atoms with Gasteiger partial charge in [-0.3, -0.25) is 0 Å². The van der Waals surface area contributed by atoms with Crippen LogP contribution in [0.25, 0.3) is 0 Å². The van der Waals surface area contributed by atoms with Crippen LogP contribution in [0, 0.1) is 6.92 Å². The summed E-state index contributed by atoms with van der Waals surface area (Å²) in [6, 6.07) is 12.8. The fourth-order valence-corrected chi connectivity index (χ4v) is 3.42. The third kappa shape index (κ3) is 3.01. The number of ether oxygens (including phenoxy) is 2. The van der Waals surface area contributed by atoms with Crippen LogP contribution in [0.1, 0.15) is 17.5 Å². The van der Waals surface area contributed by atoms with E-state index in [0.717, 1.165) is 49.7 Å². The third-order valence-electron chi connectivity index (χ3n) is 4.75. The molecular weight excluding hydrogens is 300 g/mol. The van der Waals surface area contributed by atoms with E-state index >= 15 is 0 Å². The Hall–Kier alpha value is -2.36. The monoisotopic (exact) mass is 324 g/mol. The van der Waals surface area contributed by atoms with Crippen LogP contribution in [0.3, 0.4) is 0 Å². The molecule has 2 aromatic rings. The maximum atomic E-state index is 6.19. The molecule has 0 amide bonds. The largest absolute Gasteiger partial charge is 0.491 e. The second kappa shape index (κ2) is 6.27. The first-order valence-corrected chi connectivity index (χ1v) is 8.67. The molecule has 1 N–H and O–H groups in total. The molecule has 4 heteroatoms. The van der Waals surface area contributed by atoms with Crippen molar-refractivity contribution in [3.8, 4) is 11.5 Å². The minimum Gasteiger partial charge on any atom is -0.491 e. The molecule has 1 atom stereocenters. The molecule has 2 aliphatic rings. The van der Waals surface area contributed by atoms with Crippen molar-refractivity contribution in [2.24, 2.45) is 0 Å². The van der Waals surface area contributed by atoms with Crippen molar-refractivity contribution in [2.45, 2.75) is 25.9 Å². The van der Waals surface area contributed by atoms with E-state index in [1.807, 2.05) is 0 Å². The Morgan fingerprint density at radius 2 is 2.08 bits per heavy atom. The maximum absolute atomic E-state index is 6.19. The number of nitrogens with zero attached hydrogens (tertiary/aromatic N) is 1. The summed E-state index contributed by atoms with van der Waals surface area (Å²) >= 11 is 0. The molecule has 2 heterocycles. The van der Waals surface area contributed by atoms with E-state index in [4.69, 9.17) is 9.47 Å². The highest BCUT2D eigenvalue weighted by Crippen LogP contribution is 2.33. The molecule has 0 spiro atoms. The molecule has 0 aromatic heterocycles. The molecule has 0 aliphatic carbocycles. The highest BCUT2D eigenvalue weighted by Gasteiger charge is 2.21. The summed E-state index contributed by atoms with van der Waals surface area (Å²) in [6.45, 7) is 4.74. The normalized spacial score (nSPS) is 19.2. The predicted molar refractivity (Wildman–Crippen MR) is 97.6 cm³/mol. The lowest BCUT2D eigenvalue weighted by Crippen LogP contribution is -2.32. The van der Waals surface area contributed by atoms with Gasteiger partial charge in [0.05, 0.1) is 24.5 Å². The number of aryl methyl sites for hydroxylation is 1. The molecule has 4 nitrogen and oxygen atoms in total. The molecule has 2 aliphatic heterocycles. The topological polar surface area (TPSA) is 33.7 Å². The summed E-state index contributed by atoms with van der Waals surface area (Å²) in [5.74, 6) is 1.95. The van der Waals surface area contributed by atoms with Crippen LogP contribution in [0.5, 0.6) is 11.5 Å². The first-order valence-electron chi connectivity index (χ1n) is 8.67. The van der Waals surface area contributed by atoms with Crippen LogP contribution in [-0.2, 0) is 6.42 Å². The van der Waals surface area contributed by atoms with Crippen LogP contribution >= 0.6 is 0 Å². The molecule has 0 fully saturated rings. The van der Waals surface area contributed by atoms with E-state index in [1.54, 1.807) is 0 Å². The van der Waals surface area contributed by atoms with Crippen LogP contribution in [0.2, 0.25) is 0 Å². The van der Waals surface area contributed by atoms with Crippen molar-refractivity contribution >= 4 is 11.4 Å². The van der Waals surface area contributed by atoms with Crippen molar-refractivity contribution in [3.05, 3.63) is 47.5 Å². The zero-order chi connectivity index (χ0) is 16.5. The number of anilines is 2. The van der Waals surface area contributed by atoms with Crippen molar-refractivity contribution in [3.63, 3.8) is 0 Å². The van der Waals surface area contributed by atoms with E-state index in [9.17, 15) is 0 Å². The van der Waals surface area contributed by atoms with Gasteiger partial charge >= 0.3 is 0 Å². The fraction of sp³-hybridized carbons (Fsp3) is 0.400. The summed E-state index contributed by atoms with van der Waals surface area (Å²) in [5, 5.41) is 3.48. The lowest BCUT2D eigenvalue weighted by atomic mass is 10.0. The highest BCUT2D eigenvalue weighted by atomic mass is 16.5. The summed E-state index contributed by atoms with van der Waals surface area (Å²) in [5.41, 5.74) is 4.74. The van der Waals surface area contributed by atoms with Gasteiger partial charge in [0.15, 0.2) is 0 Å². The van der Waals surface area contributed by atoms with Gasteiger partial charge in [-0.2, -0.15) is 0 Å². The smallest absolute Gasteiger partial charge is 0.143 e. The number of hydrogen-bond donors (Lipinski definition) is 1. The Balaban J connectivity index is 1.51. The molecule has 1 unspecified atom stereocenters. The van der Waals surface area contributed by atoms with Gasteiger partial charge in [-0.25, -0.2) is 0 Å². The van der Waals surface area contributed by atoms with Gasteiger partial charge in [-0.1, -0.05) is 12.1 Å². The SMILES string of the molecule is Cc1ccc2c(c1)OC(Cc1ccc3c(c1)OCCCN3C)CN2. The van der Waals surface area contributed by atoms with Gasteiger partial charge in [0.25, 0.3) is 0 Å². The second-order valence-electron chi connectivity index (χ2n) is 6.75. The Bertz CT molecular complexity index is 744.